The van der Waals surface area contributed by atoms with E-state index in [-0.39, 0.29) is 12.3 Å². The van der Waals surface area contributed by atoms with Gasteiger partial charge in [-0.1, -0.05) is 6.07 Å². The molecule has 0 aliphatic carbocycles. The number of carbonyl (C=O) groups excluding carboxylic acids is 1. The summed E-state index contributed by atoms with van der Waals surface area (Å²) in [5.74, 6) is 1.69. The smallest absolute Gasteiger partial charge is 0.226 e. The Hall–Kier alpha value is -2.58. The second-order valence-corrected chi connectivity index (χ2v) is 7.40. The van der Waals surface area contributed by atoms with Crippen molar-refractivity contribution in [2.45, 2.75) is 13.0 Å². The minimum Gasteiger partial charge on any atom is -0.496 e. The van der Waals surface area contributed by atoms with Crippen LogP contribution in [-0.2, 0) is 17.8 Å². The number of carbonyl (C=O) groups is 1. The summed E-state index contributed by atoms with van der Waals surface area (Å²) >= 11 is 3.19. The van der Waals surface area contributed by atoms with Crippen molar-refractivity contribution in [2.24, 2.45) is 0 Å². The first-order valence-electron chi connectivity index (χ1n) is 8.18. The second kappa shape index (κ2) is 8.88. The average molecular weight is 405 g/mol. The Kier molecular flexibility index (Phi) is 6.31. The third-order valence-corrected chi connectivity index (χ3v) is 5.82. The molecule has 0 aliphatic heterocycles. The molecule has 142 valence electrons. The van der Waals surface area contributed by atoms with Gasteiger partial charge in [0.2, 0.25) is 5.91 Å². The molecule has 2 aromatic heterocycles. The summed E-state index contributed by atoms with van der Waals surface area (Å²) in [6.07, 6.45) is 0.234. The molecule has 0 bridgehead atoms. The molecule has 1 aromatic carbocycles. The highest BCUT2D eigenvalue weighted by Crippen LogP contribution is 2.34. The van der Waals surface area contributed by atoms with Gasteiger partial charge in [-0.15, -0.1) is 22.7 Å². The average Bonchev–Trinajstić information content (AvgIpc) is 3.37. The number of thiophene rings is 1. The first-order valence-corrected chi connectivity index (χ1v) is 9.94. The number of aromatic nitrogens is 1. The quantitative estimate of drug-likeness (QED) is 0.619. The van der Waals surface area contributed by atoms with E-state index in [1.807, 2.05) is 22.9 Å². The van der Waals surface area contributed by atoms with Crippen LogP contribution in [-0.4, -0.2) is 32.2 Å². The van der Waals surface area contributed by atoms with Gasteiger partial charge in [0, 0.05) is 23.6 Å². The van der Waals surface area contributed by atoms with Crippen molar-refractivity contribution in [3.05, 3.63) is 46.3 Å². The van der Waals surface area contributed by atoms with E-state index in [9.17, 15) is 4.79 Å². The Labute approximate surface area is 165 Å². The molecule has 0 saturated heterocycles. The number of benzene rings is 1. The van der Waals surface area contributed by atoms with E-state index >= 15 is 0 Å². The number of nitrogens with zero attached hydrogens (tertiary/aromatic N) is 1. The van der Waals surface area contributed by atoms with E-state index in [4.69, 9.17) is 14.2 Å². The zero-order valence-electron chi connectivity index (χ0n) is 15.3. The molecule has 3 aromatic rings. The fourth-order valence-corrected chi connectivity index (χ4v) is 4.19. The van der Waals surface area contributed by atoms with Gasteiger partial charge in [0.1, 0.15) is 10.8 Å². The third-order valence-electron chi connectivity index (χ3n) is 3.89. The van der Waals surface area contributed by atoms with Crippen LogP contribution in [0.25, 0.3) is 9.88 Å². The molecule has 2 heterocycles. The number of amides is 1. The van der Waals surface area contributed by atoms with Crippen LogP contribution in [0.3, 0.4) is 0 Å². The standard InChI is InChI=1S/C19H20N2O4S2/c1-23-14-9-16(25-3)15(24-2)7-12(14)10-20-18(22)8-13-11-27-19(21-13)17-5-4-6-26-17/h4-7,9,11H,8,10H2,1-3H3,(H,20,22). The third kappa shape index (κ3) is 4.58. The minimum atomic E-state index is -0.102. The van der Waals surface area contributed by atoms with Crippen LogP contribution in [0, 0.1) is 0 Å². The van der Waals surface area contributed by atoms with Crippen LogP contribution in [0.2, 0.25) is 0 Å². The van der Waals surface area contributed by atoms with Crippen molar-refractivity contribution in [1.82, 2.24) is 10.3 Å². The number of thiazole rings is 1. The maximum atomic E-state index is 12.3. The molecule has 0 spiro atoms. The fourth-order valence-electron chi connectivity index (χ4n) is 2.55. The van der Waals surface area contributed by atoms with E-state index < -0.39 is 0 Å². The van der Waals surface area contributed by atoms with Gasteiger partial charge in [-0.3, -0.25) is 4.79 Å². The van der Waals surface area contributed by atoms with E-state index in [1.165, 1.54) is 0 Å². The summed E-state index contributed by atoms with van der Waals surface area (Å²) < 4.78 is 16.0. The van der Waals surface area contributed by atoms with Gasteiger partial charge in [-0.2, -0.15) is 0 Å². The molecule has 1 amide bonds. The van der Waals surface area contributed by atoms with Gasteiger partial charge in [-0.25, -0.2) is 4.98 Å². The maximum Gasteiger partial charge on any atom is 0.226 e. The van der Waals surface area contributed by atoms with Gasteiger partial charge >= 0.3 is 0 Å². The summed E-state index contributed by atoms with van der Waals surface area (Å²) in [5, 5.41) is 7.78. The first-order chi connectivity index (χ1) is 13.1. The summed E-state index contributed by atoms with van der Waals surface area (Å²) in [7, 11) is 4.71. The Morgan fingerprint density at radius 2 is 1.81 bits per heavy atom. The molecule has 6 nitrogen and oxygen atoms in total. The summed E-state index contributed by atoms with van der Waals surface area (Å²) in [5.41, 5.74) is 1.57. The van der Waals surface area contributed by atoms with E-state index in [0.29, 0.717) is 23.8 Å². The number of hydrogen-bond donors (Lipinski definition) is 1. The SMILES string of the molecule is COc1cc(OC)c(OC)cc1CNC(=O)Cc1csc(-c2cccs2)n1. The van der Waals surface area contributed by atoms with Gasteiger partial charge in [0.05, 0.1) is 38.3 Å². The molecule has 0 fully saturated rings. The molecule has 0 unspecified atom stereocenters. The number of hydrogen-bond acceptors (Lipinski definition) is 7. The van der Waals surface area contributed by atoms with Crippen molar-refractivity contribution in [1.29, 1.82) is 0 Å². The molecule has 0 saturated carbocycles. The van der Waals surface area contributed by atoms with Crippen LogP contribution < -0.4 is 19.5 Å². The zero-order valence-corrected chi connectivity index (χ0v) is 16.9. The Morgan fingerprint density at radius 3 is 2.48 bits per heavy atom. The molecule has 27 heavy (non-hydrogen) atoms. The number of methoxy groups -OCH3 is 3. The molecule has 0 radical (unpaired) electrons. The second-order valence-electron chi connectivity index (χ2n) is 5.59. The van der Waals surface area contributed by atoms with Gasteiger partial charge in [-0.05, 0) is 17.5 Å². The van der Waals surface area contributed by atoms with Crippen molar-refractivity contribution in [3.8, 4) is 27.1 Å². The lowest BCUT2D eigenvalue weighted by molar-refractivity contribution is -0.120. The highest BCUT2D eigenvalue weighted by molar-refractivity contribution is 7.20. The zero-order chi connectivity index (χ0) is 19.2. The van der Waals surface area contributed by atoms with E-state index in [0.717, 1.165) is 21.1 Å². The van der Waals surface area contributed by atoms with Gasteiger partial charge < -0.3 is 19.5 Å². The van der Waals surface area contributed by atoms with Crippen molar-refractivity contribution in [3.63, 3.8) is 0 Å². The van der Waals surface area contributed by atoms with Crippen LogP contribution in [0.15, 0.2) is 35.0 Å². The number of rotatable bonds is 8. The molecular formula is C19H20N2O4S2. The Bertz CT molecular complexity index is 907. The predicted molar refractivity (Wildman–Crippen MR) is 107 cm³/mol. The predicted octanol–water partition coefficient (Wildman–Crippen LogP) is 3.76. The topological polar surface area (TPSA) is 69.7 Å². The fraction of sp³-hybridized carbons (Fsp3) is 0.263. The Morgan fingerprint density at radius 1 is 1.07 bits per heavy atom. The lowest BCUT2D eigenvalue weighted by Crippen LogP contribution is -2.25. The van der Waals surface area contributed by atoms with Crippen molar-refractivity contribution >= 4 is 28.6 Å². The summed E-state index contributed by atoms with van der Waals surface area (Å²) in [4.78, 5) is 18.0. The van der Waals surface area contributed by atoms with Crippen LogP contribution >= 0.6 is 22.7 Å². The van der Waals surface area contributed by atoms with Crippen LogP contribution in [0.5, 0.6) is 17.2 Å². The first kappa shape index (κ1) is 19.2. The van der Waals surface area contributed by atoms with Gasteiger partial charge in [0.25, 0.3) is 0 Å². The molecule has 0 aliphatic rings. The highest BCUT2D eigenvalue weighted by atomic mass is 32.1. The number of ether oxygens (including phenoxy) is 3. The Balaban J connectivity index is 1.64. The molecule has 8 heteroatoms. The van der Waals surface area contributed by atoms with Crippen molar-refractivity contribution in [2.75, 3.05) is 21.3 Å². The van der Waals surface area contributed by atoms with E-state index in [2.05, 4.69) is 10.3 Å². The molecule has 0 atom stereocenters. The lowest BCUT2D eigenvalue weighted by Gasteiger charge is -2.14. The molecule has 3 rings (SSSR count). The maximum absolute atomic E-state index is 12.3. The summed E-state index contributed by atoms with van der Waals surface area (Å²) in [6, 6.07) is 7.56. The van der Waals surface area contributed by atoms with E-state index in [1.54, 1.807) is 56.1 Å². The largest absolute Gasteiger partial charge is 0.496 e. The van der Waals surface area contributed by atoms with Crippen molar-refractivity contribution < 1.29 is 19.0 Å². The monoisotopic (exact) mass is 404 g/mol. The lowest BCUT2D eigenvalue weighted by atomic mass is 10.1. The van der Waals surface area contributed by atoms with Crippen LogP contribution in [0.4, 0.5) is 0 Å². The molecular weight excluding hydrogens is 384 g/mol. The molecule has 1 N–H and O–H groups in total. The highest BCUT2D eigenvalue weighted by Gasteiger charge is 2.14. The normalized spacial score (nSPS) is 10.5. The minimum absolute atomic E-state index is 0.102. The van der Waals surface area contributed by atoms with Crippen LogP contribution in [0.1, 0.15) is 11.3 Å². The summed E-state index contributed by atoms with van der Waals surface area (Å²) in [6.45, 7) is 0.324. The van der Waals surface area contributed by atoms with Gasteiger partial charge in [0.15, 0.2) is 11.5 Å². The number of nitrogens with one attached hydrogen (secondary N) is 1.